The average Bonchev–Trinajstić information content (AvgIpc) is 3.12. The predicted molar refractivity (Wildman–Crippen MR) is 94.4 cm³/mol. The number of nitriles is 1. The Labute approximate surface area is 141 Å². The molecule has 0 aliphatic carbocycles. The Hall–Kier alpha value is -3.39. The highest BCUT2D eigenvalue weighted by Crippen LogP contribution is 2.11. The van der Waals surface area contributed by atoms with E-state index < -0.39 is 0 Å². The molecule has 3 aromatic rings. The summed E-state index contributed by atoms with van der Waals surface area (Å²) in [5, 5.41) is 15.6. The standard InChI is InChI=1S/C11H13N3.C8H5NO/c1-9-3-5-11(6-4-9)14-8-10(12-2)7-13-14;9-5-7-1-3-8(6-10)4-2-7/h3-8,12H,1-2H3;1-4,6H. The van der Waals surface area contributed by atoms with Crippen LogP contribution in [0.2, 0.25) is 0 Å². The molecular weight excluding hydrogens is 300 g/mol. The number of nitrogens with zero attached hydrogens (tertiary/aromatic N) is 3. The van der Waals surface area contributed by atoms with Crippen molar-refractivity contribution in [3.63, 3.8) is 0 Å². The summed E-state index contributed by atoms with van der Waals surface area (Å²) in [5.41, 5.74) is 4.53. The van der Waals surface area contributed by atoms with Crippen molar-refractivity contribution in [3.05, 3.63) is 77.6 Å². The molecule has 0 aliphatic rings. The van der Waals surface area contributed by atoms with E-state index in [4.69, 9.17) is 5.26 Å². The fourth-order valence-electron chi connectivity index (χ4n) is 1.93. The molecule has 0 spiro atoms. The largest absolute Gasteiger partial charge is 0.386 e. The fraction of sp³-hybridized carbons (Fsp3) is 0.105. The molecule has 0 saturated heterocycles. The van der Waals surface area contributed by atoms with Crippen molar-refractivity contribution >= 4 is 12.0 Å². The molecule has 0 saturated carbocycles. The zero-order valence-corrected chi connectivity index (χ0v) is 13.6. The zero-order chi connectivity index (χ0) is 17.4. The predicted octanol–water partition coefficient (Wildman–Crippen LogP) is 3.59. The van der Waals surface area contributed by atoms with Crippen LogP contribution in [-0.2, 0) is 0 Å². The van der Waals surface area contributed by atoms with Gasteiger partial charge in [-0.3, -0.25) is 4.79 Å². The van der Waals surface area contributed by atoms with E-state index in [0.29, 0.717) is 11.1 Å². The number of carbonyl (C=O) groups excluding carboxylic acids is 1. The summed E-state index contributed by atoms with van der Waals surface area (Å²) >= 11 is 0. The zero-order valence-electron chi connectivity index (χ0n) is 13.6. The molecule has 0 fully saturated rings. The Morgan fingerprint density at radius 1 is 1.12 bits per heavy atom. The van der Waals surface area contributed by atoms with Gasteiger partial charge in [0.05, 0.1) is 35.4 Å². The summed E-state index contributed by atoms with van der Waals surface area (Å²) in [7, 11) is 1.89. The molecule has 3 rings (SSSR count). The summed E-state index contributed by atoms with van der Waals surface area (Å²) < 4.78 is 1.85. The third-order valence-corrected chi connectivity index (χ3v) is 3.35. The van der Waals surface area contributed by atoms with Crippen molar-refractivity contribution in [3.8, 4) is 11.8 Å². The maximum Gasteiger partial charge on any atom is 0.150 e. The van der Waals surface area contributed by atoms with Crippen molar-refractivity contribution in [1.29, 1.82) is 5.26 Å². The number of aryl methyl sites for hydroxylation is 1. The van der Waals surface area contributed by atoms with Gasteiger partial charge in [-0.25, -0.2) is 4.68 Å². The average molecular weight is 318 g/mol. The van der Waals surface area contributed by atoms with Gasteiger partial charge in [-0.1, -0.05) is 29.8 Å². The first-order valence-corrected chi connectivity index (χ1v) is 7.41. The Morgan fingerprint density at radius 3 is 2.29 bits per heavy atom. The molecule has 1 heterocycles. The van der Waals surface area contributed by atoms with Gasteiger partial charge in [0, 0.05) is 12.6 Å². The maximum atomic E-state index is 10.1. The highest BCUT2D eigenvalue weighted by molar-refractivity contribution is 5.74. The number of benzene rings is 2. The molecule has 5 nitrogen and oxygen atoms in total. The topological polar surface area (TPSA) is 70.7 Å². The summed E-state index contributed by atoms with van der Waals surface area (Å²) in [4.78, 5) is 10.1. The van der Waals surface area contributed by atoms with Crippen LogP contribution in [0, 0.1) is 18.3 Å². The summed E-state index contributed by atoms with van der Waals surface area (Å²) in [6.45, 7) is 2.08. The van der Waals surface area contributed by atoms with Crippen molar-refractivity contribution < 1.29 is 4.79 Å². The molecule has 1 aromatic heterocycles. The van der Waals surface area contributed by atoms with E-state index in [0.717, 1.165) is 17.7 Å². The number of hydrogen-bond donors (Lipinski definition) is 1. The number of hydrogen-bond acceptors (Lipinski definition) is 4. The van der Waals surface area contributed by atoms with Gasteiger partial charge in [0.1, 0.15) is 6.29 Å². The lowest BCUT2D eigenvalue weighted by Gasteiger charge is -2.00. The normalized spacial score (nSPS) is 9.38. The number of carbonyl (C=O) groups is 1. The first-order chi connectivity index (χ1) is 11.7. The molecule has 1 N–H and O–H groups in total. The van der Waals surface area contributed by atoms with Gasteiger partial charge in [0.15, 0.2) is 0 Å². The minimum Gasteiger partial charge on any atom is -0.386 e. The number of rotatable bonds is 3. The third-order valence-electron chi connectivity index (χ3n) is 3.35. The van der Waals surface area contributed by atoms with Crippen LogP contribution in [-0.4, -0.2) is 23.1 Å². The van der Waals surface area contributed by atoms with Gasteiger partial charge in [0.25, 0.3) is 0 Å². The molecule has 0 unspecified atom stereocenters. The second-order valence-electron chi connectivity index (χ2n) is 5.11. The smallest absolute Gasteiger partial charge is 0.150 e. The Morgan fingerprint density at radius 2 is 1.79 bits per heavy atom. The summed E-state index contributed by atoms with van der Waals surface area (Å²) in [6.07, 6.45) is 4.52. The lowest BCUT2D eigenvalue weighted by Crippen LogP contribution is -1.93. The molecule has 0 atom stereocenters. The molecule has 0 aliphatic heterocycles. The van der Waals surface area contributed by atoms with Crippen molar-refractivity contribution in [2.75, 3.05) is 12.4 Å². The molecule has 24 heavy (non-hydrogen) atoms. The van der Waals surface area contributed by atoms with Crippen LogP contribution in [0.1, 0.15) is 21.5 Å². The molecule has 5 heteroatoms. The van der Waals surface area contributed by atoms with Gasteiger partial charge < -0.3 is 5.32 Å². The quantitative estimate of drug-likeness (QED) is 0.749. The monoisotopic (exact) mass is 318 g/mol. The summed E-state index contributed by atoms with van der Waals surface area (Å²) in [5.74, 6) is 0. The highest BCUT2D eigenvalue weighted by atomic mass is 16.1. The van der Waals surface area contributed by atoms with Crippen LogP contribution >= 0.6 is 0 Å². The highest BCUT2D eigenvalue weighted by Gasteiger charge is 1.98. The first-order valence-electron chi connectivity index (χ1n) is 7.41. The molecule has 0 amide bonds. The fourth-order valence-corrected chi connectivity index (χ4v) is 1.93. The molecular formula is C19H18N4O. The SMILES string of the molecule is CNc1cnn(-c2ccc(C)cc2)c1.N#Cc1ccc(C=O)cc1. The van der Waals surface area contributed by atoms with E-state index in [1.165, 1.54) is 5.56 Å². The second kappa shape index (κ2) is 8.30. The second-order valence-corrected chi connectivity index (χ2v) is 5.11. The minimum atomic E-state index is 0.575. The third kappa shape index (κ3) is 4.55. The van der Waals surface area contributed by atoms with Crippen molar-refractivity contribution in [2.24, 2.45) is 0 Å². The number of nitrogens with one attached hydrogen (secondary N) is 1. The summed E-state index contributed by atoms with van der Waals surface area (Å²) in [6, 6.07) is 16.7. The number of aromatic nitrogens is 2. The van der Waals surface area contributed by atoms with E-state index in [-0.39, 0.29) is 0 Å². The number of aldehydes is 1. The lowest BCUT2D eigenvalue weighted by atomic mass is 10.2. The van der Waals surface area contributed by atoms with Crippen LogP contribution in [0.25, 0.3) is 5.69 Å². The minimum absolute atomic E-state index is 0.575. The number of anilines is 1. The van der Waals surface area contributed by atoms with Gasteiger partial charge >= 0.3 is 0 Å². The van der Waals surface area contributed by atoms with E-state index in [1.54, 1.807) is 30.5 Å². The van der Waals surface area contributed by atoms with Crippen LogP contribution < -0.4 is 5.32 Å². The maximum absolute atomic E-state index is 10.1. The van der Waals surface area contributed by atoms with Gasteiger partial charge in [0.2, 0.25) is 0 Å². The van der Waals surface area contributed by atoms with Crippen LogP contribution in [0.3, 0.4) is 0 Å². The van der Waals surface area contributed by atoms with Crippen LogP contribution in [0.15, 0.2) is 60.9 Å². The van der Waals surface area contributed by atoms with E-state index in [9.17, 15) is 4.79 Å². The Kier molecular flexibility index (Phi) is 5.87. The van der Waals surface area contributed by atoms with Gasteiger partial charge in [-0.15, -0.1) is 0 Å². The van der Waals surface area contributed by atoms with Crippen molar-refractivity contribution in [2.45, 2.75) is 6.92 Å². The van der Waals surface area contributed by atoms with E-state index in [1.807, 2.05) is 24.0 Å². The van der Waals surface area contributed by atoms with E-state index >= 15 is 0 Å². The molecule has 2 aromatic carbocycles. The van der Waals surface area contributed by atoms with Crippen LogP contribution in [0.5, 0.6) is 0 Å². The van der Waals surface area contributed by atoms with Crippen LogP contribution in [0.4, 0.5) is 5.69 Å². The Balaban J connectivity index is 0.000000185. The van der Waals surface area contributed by atoms with E-state index in [2.05, 4.69) is 41.6 Å². The van der Waals surface area contributed by atoms with Gasteiger partial charge in [-0.2, -0.15) is 10.4 Å². The Bertz CT molecular complexity index is 827. The molecule has 0 radical (unpaired) electrons. The molecule has 0 bridgehead atoms. The first kappa shape index (κ1) is 17.0. The van der Waals surface area contributed by atoms with Crippen molar-refractivity contribution in [1.82, 2.24) is 9.78 Å². The molecule has 120 valence electrons. The van der Waals surface area contributed by atoms with Gasteiger partial charge in [-0.05, 0) is 31.2 Å². The lowest BCUT2D eigenvalue weighted by molar-refractivity contribution is 0.112.